The molecule has 2 N–H and O–H groups in total. The number of esters is 1. The number of carbonyl (C=O) groups is 1. The predicted octanol–water partition coefficient (Wildman–Crippen LogP) is -0.697. The Labute approximate surface area is 45.0 Å². The minimum atomic E-state index is -1.46. The van der Waals surface area contributed by atoms with Crippen LogP contribution in [0.1, 0.15) is 0 Å². The van der Waals surface area contributed by atoms with Gasteiger partial charge in [-0.2, -0.15) is 0 Å². The smallest absolute Gasteiger partial charge is 0.348 e. The van der Waals surface area contributed by atoms with Gasteiger partial charge in [-0.15, -0.1) is 0 Å². The van der Waals surface area contributed by atoms with Crippen LogP contribution in [0.15, 0.2) is 12.0 Å². The first-order valence-corrected chi connectivity index (χ1v) is 1.99. The van der Waals surface area contributed by atoms with Crippen LogP contribution in [-0.2, 0) is 9.53 Å². The molecule has 0 aliphatic carbocycles. The second-order valence-electron chi connectivity index (χ2n) is 1.38. The van der Waals surface area contributed by atoms with Gasteiger partial charge in [0.25, 0.3) is 0 Å². The lowest BCUT2D eigenvalue weighted by atomic mass is 10.3. The second-order valence-corrected chi connectivity index (χ2v) is 1.38. The molecule has 1 unspecified atom stereocenters. The number of cyclic esters (lactones) is 1. The van der Waals surface area contributed by atoms with E-state index < -0.39 is 17.8 Å². The van der Waals surface area contributed by atoms with Crippen molar-refractivity contribution in [3.8, 4) is 0 Å². The van der Waals surface area contributed by atoms with Crippen LogP contribution in [0.4, 0.5) is 0 Å². The van der Waals surface area contributed by atoms with Gasteiger partial charge in [0.05, 0.1) is 0 Å². The van der Waals surface area contributed by atoms with E-state index >= 15 is 0 Å². The van der Waals surface area contributed by atoms with E-state index in [2.05, 4.69) is 4.74 Å². The summed E-state index contributed by atoms with van der Waals surface area (Å²) < 4.78 is 4.08. The lowest BCUT2D eigenvalue weighted by Crippen LogP contribution is -2.16. The van der Waals surface area contributed by atoms with E-state index in [1.54, 1.807) is 0 Å². The van der Waals surface area contributed by atoms with E-state index in [9.17, 15) is 4.79 Å². The van der Waals surface area contributed by atoms with Crippen molar-refractivity contribution in [3.63, 3.8) is 0 Å². The molecule has 0 aromatic rings. The normalized spacial score (nSPS) is 27.4. The molecule has 0 aromatic carbocycles. The van der Waals surface area contributed by atoms with E-state index in [1.165, 1.54) is 0 Å². The largest absolute Gasteiger partial charge is 0.506 e. The van der Waals surface area contributed by atoms with Crippen LogP contribution in [0.3, 0.4) is 0 Å². The number of hydrogen-bond donors (Lipinski definition) is 2. The molecule has 0 spiro atoms. The molecule has 0 bridgehead atoms. The number of carbonyl (C=O) groups excluding carboxylic acids is 1. The van der Waals surface area contributed by atoms with Crippen molar-refractivity contribution in [1.82, 2.24) is 0 Å². The van der Waals surface area contributed by atoms with E-state index in [4.69, 9.17) is 10.2 Å². The summed E-state index contributed by atoms with van der Waals surface area (Å²) >= 11 is 0. The zero-order valence-electron chi connectivity index (χ0n) is 3.87. The fourth-order valence-corrected chi connectivity index (χ4v) is 0.368. The fourth-order valence-electron chi connectivity index (χ4n) is 0.368. The third-order valence-electron chi connectivity index (χ3n) is 0.799. The predicted molar refractivity (Wildman–Crippen MR) is 22.8 cm³/mol. The standard InChI is InChI=1S/C4H4O4/c5-2-1-8-4(7)3(2)6/h1,3,5-6H. The third-order valence-corrected chi connectivity index (χ3v) is 0.799. The minimum absolute atomic E-state index is 0.435. The molecule has 0 amide bonds. The van der Waals surface area contributed by atoms with E-state index in [1.807, 2.05) is 0 Å². The SMILES string of the molecule is O=C1OC=C(O)C1O. The molecule has 0 fully saturated rings. The van der Waals surface area contributed by atoms with Crippen molar-refractivity contribution >= 4 is 5.97 Å². The Morgan fingerprint density at radius 3 is 2.50 bits per heavy atom. The average Bonchev–Trinajstić information content (AvgIpc) is 1.98. The molecule has 8 heavy (non-hydrogen) atoms. The Kier molecular flexibility index (Phi) is 0.948. The van der Waals surface area contributed by atoms with Crippen molar-refractivity contribution in [2.24, 2.45) is 0 Å². The lowest BCUT2D eigenvalue weighted by molar-refractivity contribution is -0.143. The highest BCUT2D eigenvalue weighted by atomic mass is 16.6. The van der Waals surface area contributed by atoms with Gasteiger partial charge in [0.1, 0.15) is 6.26 Å². The highest BCUT2D eigenvalue weighted by molar-refractivity contribution is 5.80. The Morgan fingerprint density at radius 1 is 1.75 bits per heavy atom. The van der Waals surface area contributed by atoms with Crippen LogP contribution in [0.25, 0.3) is 0 Å². The fraction of sp³-hybridized carbons (Fsp3) is 0.250. The van der Waals surface area contributed by atoms with Gasteiger partial charge in [-0.1, -0.05) is 0 Å². The van der Waals surface area contributed by atoms with Gasteiger partial charge in [0.2, 0.25) is 6.10 Å². The van der Waals surface area contributed by atoms with Gasteiger partial charge in [-0.25, -0.2) is 4.79 Å². The van der Waals surface area contributed by atoms with Crippen LogP contribution < -0.4 is 0 Å². The first-order chi connectivity index (χ1) is 3.72. The minimum Gasteiger partial charge on any atom is -0.506 e. The summed E-state index contributed by atoms with van der Waals surface area (Å²) in [6, 6.07) is 0. The van der Waals surface area contributed by atoms with Gasteiger partial charge in [0.15, 0.2) is 5.76 Å². The van der Waals surface area contributed by atoms with E-state index in [0.717, 1.165) is 6.26 Å². The molecule has 44 valence electrons. The molecule has 1 aliphatic heterocycles. The van der Waals surface area contributed by atoms with Crippen LogP contribution in [-0.4, -0.2) is 22.3 Å². The van der Waals surface area contributed by atoms with Crippen LogP contribution >= 0.6 is 0 Å². The molecule has 1 aliphatic rings. The Hall–Kier alpha value is -1.03. The zero-order chi connectivity index (χ0) is 6.15. The van der Waals surface area contributed by atoms with E-state index in [-0.39, 0.29) is 0 Å². The Morgan fingerprint density at radius 2 is 2.38 bits per heavy atom. The molecular weight excluding hydrogens is 112 g/mol. The van der Waals surface area contributed by atoms with Gasteiger partial charge in [-0.05, 0) is 0 Å². The Bertz CT molecular complexity index is 148. The van der Waals surface area contributed by atoms with Crippen molar-refractivity contribution in [2.45, 2.75) is 6.10 Å². The number of aliphatic hydroxyl groups is 2. The molecule has 1 rings (SSSR count). The summed E-state index contributed by atoms with van der Waals surface area (Å²) in [4.78, 5) is 10.1. The summed E-state index contributed by atoms with van der Waals surface area (Å²) in [6.07, 6.45) is -0.650. The molecule has 1 heterocycles. The second kappa shape index (κ2) is 1.48. The monoisotopic (exact) mass is 116 g/mol. The van der Waals surface area contributed by atoms with Gasteiger partial charge < -0.3 is 14.9 Å². The summed E-state index contributed by atoms with van der Waals surface area (Å²) in [5, 5.41) is 16.9. The Balaban J connectivity index is 2.72. The topological polar surface area (TPSA) is 66.8 Å². The number of rotatable bonds is 0. The summed E-state index contributed by atoms with van der Waals surface area (Å²) in [6.45, 7) is 0. The highest BCUT2D eigenvalue weighted by Gasteiger charge is 2.26. The molecule has 4 heteroatoms. The highest BCUT2D eigenvalue weighted by Crippen LogP contribution is 2.08. The van der Waals surface area contributed by atoms with Crippen molar-refractivity contribution in [3.05, 3.63) is 12.0 Å². The first-order valence-electron chi connectivity index (χ1n) is 1.99. The summed E-state index contributed by atoms with van der Waals surface area (Å²) in [5.41, 5.74) is 0. The van der Waals surface area contributed by atoms with Gasteiger partial charge >= 0.3 is 5.97 Å². The first kappa shape index (κ1) is 5.11. The number of aliphatic hydroxyl groups excluding tert-OH is 2. The maximum Gasteiger partial charge on any atom is 0.348 e. The molecule has 0 saturated carbocycles. The summed E-state index contributed by atoms with van der Waals surface area (Å²) in [5.74, 6) is -1.27. The molecule has 0 aromatic heterocycles. The molecule has 0 radical (unpaired) electrons. The molecule has 4 nitrogen and oxygen atoms in total. The molecular formula is C4H4O4. The van der Waals surface area contributed by atoms with Crippen molar-refractivity contribution in [1.29, 1.82) is 0 Å². The average molecular weight is 116 g/mol. The third kappa shape index (κ3) is 0.547. The van der Waals surface area contributed by atoms with Gasteiger partial charge in [0, 0.05) is 0 Å². The lowest BCUT2D eigenvalue weighted by Gasteiger charge is -1.92. The number of hydrogen-bond acceptors (Lipinski definition) is 4. The van der Waals surface area contributed by atoms with E-state index in [0.29, 0.717) is 0 Å². The van der Waals surface area contributed by atoms with Crippen LogP contribution in [0.5, 0.6) is 0 Å². The number of ether oxygens (including phenoxy) is 1. The zero-order valence-corrected chi connectivity index (χ0v) is 3.87. The maximum atomic E-state index is 10.1. The summed E-state index contributed by atoms with van der Waals surface area (Å²) in [7, 11) is 0. The van der Waals surface area contributed by atoms with Crippen molar-refractivity contribution in [2.75, 3.05) is 0 Å². The molecule has 1 atom stereocenters. The quantitative estimate of drug-likeness (QED) is 0.411. The van der Waals surface area contributed by atoms with Gasteiger partial charge in [-0.3, -0.25) is 0 Å². The van der Waals surface area contributed by atoms with Crippen LogP contribution in [0.2, 0.25) is 0 Å². The maximum absolute atomic E-state index is 10.1. The van der Waals surface area contributed by atoms with Crippen LogP contribution in [0, 0.1) is 0 Å². The van der Waals surface area contributed by atoms with Crippen molar-refractivity contribution < 1.29 is 19.7 Å². The molecule has 0 saturated heterocycles.